The molecule has 2 aromatic heterocycles. The molecule has 1 N–H and O–H groups in total. The molecule has 2 aromatic rings. The molecule has 0 aliphatic carbocycles. The second-order valence-electron chi connectivity index (χ2n) is 4.97. The van der Waals surface area contributed by atoms with E-state index in [0.29, 0.717) is 17.3 Å². The van der Waals surface area contributed by atoms with Crippen molar-refractivity contribution in [2.75, 3.05) is 7.05 Å². The Morgan fingerprint density at radius 2 is 2.00 bits per heavy atom. The molecule has 21 heavy (non-hydrogen) atoms. The number of thiophene rings is 2. The van der Waals surface area contributed by atoms with Crippen LogP contribution in [0.4, 0.5) is 0 Å². The monoisotopic (exact) mass is 344 g/mol. The molecule has 7 heteroatoms. The van der Waals surface area contributed by atoms with Crippen LogP contribution >= 0.6 is 22.7 Å². The van der Waals surface area contributed by atoms with Gasteiger partial charge in [0, 0.05) is 28.9 Å². The third kappa shape index (κ3) is 3.92. The molecule has 4 nitrogen and oxygen atoms in total. The maximum absolute atomic E-state index is 12.8. The fourth-order valence-electron chi connectivity index (χ4n) is 1.98. The van der Waals surface area contributed by atoms with E-state index in [1.807, 2.05) is 44.5 Å². The molecular formula is C14H20N2O2S3. The highest BCUT2D eigenvalue weighted by Crippen LogP contribution is 2.28. The summed E-state index contributed by atoms with van der Waals surface area (Å²) in [7, 11) is -1.59. The molecule has 2 rings (SSSR count). The number of nitrogens with zero attached hydrogens (tertiary/aromatic N) is 1. The summed E-state index contributed by atoms with van der Waals surface area (Å²) in [5.74, 6) is 0. The van der Waals surface area contributed by atoms with Crippen LogP contribution in [-0.2, 0) is 23.1 Å². The number of nitrogens with one attached hydrogen (secondary N) is 1. The lowest BCUT2D eigenvalue weighted by Crippen LogP contribution is -2.35. The second kappa shape index (κ2) is 7.02. The molecule has 0 aromatic carbocycles. The maximum Gasteiger partial charge on any atom is 0.253 e. The van der Waals surface area contributed by atoms with Crippen molar-refractivity contribution < 1.29 is 8.42 Å². The van der Waals surface area contributed by atoms with Gasteiger partial charge >= 0.3 is 0 Å². The first-order chi connectivity index (χ1) is 9.95. The molecule has 0 fully saturated rings. The Morgan fingerprint density at radius 1 is 1.24 bits per heavy atom. The van der Waals surface area contributed by atoms with Gasteiger partial charge in [-0.15, -0.1) is 22.7 Å². The van der Waals surface area contributed by atoms with Gasteiger partial charge in [-0.2, -0.15) is 4.31 Å². The lowest BCUT2D eigenvalue weighted by molar-refractivity contribution is 0.351. The van der Waals surface area contributed by atoms with Gasteiger partial charge in [-0.25, -0.2) is 8.42 Å². The lowest BCUT2D eigenvalue weighted by atomic mass is 10.4. The summed E-state index contributed by atoms with van der Waals surface area (Å²) in [5.41, 5.74) is 0. The van der Waals surface area contributed by atoms with Crippen LogP contribution in [0.1, 0.15) is 23.6 Å². The maximum atomic E-state index is 12.8. The van der Waals surface area contributed by atoms with Crippen LogP contribution in [0.3, 0.4) is 0 Å². The average Bonchev–Trinajstić information content (AvgIpc) is 3.07. The summed E-state index contributed by atoms with van der Waals surface area (Å²) in [6.07, 6.45) is 0. The average molecular weight is 345 g/mol. The van der Waals surface area contributed by atoms with E-state index >= 15 is 0 Å². The Morgan fingerprint density at radius 3 is 2.57 bits per heavy atom. The number of rotatable bonds is 7. The van der Waals surface area contributed by atoms with Gasteiger partial charge in [-0.1, -0.05) is 6.07 Å². The Kier molecular flexibility index (Phi) is 5.56. The van der Waals surface area contributed by atoms with Gasteiger partial charge in [0.2, 0.25) is 0 Å². The van der Waals surface area contributed by atoms with Gasteiger partial charge in [-0.05, 0) is 44.5 Å². The van der Waals surface area contributed by atoms with Crippen molar-refractivity contribution in [2.24, 2.45) is 0 Å². The van der Waals surface area contributed by atoms with Gasteiger partial charge < -0.3 is 5.32 Å². The zero-order valence-corrected chi connectivity index (χ0v) is 14.8. The van der Waals surface area contributed by atoms with Gasteiger partial charge in [0.1, 0.15) is 4.21 Å². The van der Waals surface area contributed by atoms with Crippen molar-refractivity contribution in [2.45, 2.75) is 37.2 Å². The largest absolute Gasteiger partial charge is 0.315 e. The number of hydrogen-bond donors (Lipinski definition) is 1. The van der Waals surface area contributed by atoms with E-state index in [2.05, 4.69) is 5.32 Å². The third-order valence-electron chi connectivity index (χ3n) is 3.02. The van der Waals surface area contributed by atoms with Crippen molar-refractivity contribution in [3.8, 4) is 0 Å². The minimum Gasteiger partial charge on any atom is -0.315 e. The van der Waals surface area contributed by atoms with Crippen LogP contribution in [0.2, 0.25) is 0 Å². The Bertz CT molecular complexity index is 660. The third-order valence-corrected chi connectivity index (χ3v) is 7.45. The number of sulfonamides is 1. The fraction of sp³-hybridized carbons (Fsp3) is 0.429. The van der Waals surface area contributed by atoms with Gasteiger partial charge in [-0.3, -0.25) is 0 Å². The molecule has 0 bridgehead atoms. The van der Waals surface area contributed by atoms with Gasteiger partial charge in [0.05, 0.1) is 0 Å². The molecule has 0 spiro atoms. The normalized spacial score (nSPS) is 12.4. The predicted octanol–water partition coefficient (Wildman–Crippen LogP) is 3.13. The predicted molar refractivity (Wildman–Crippen MR) is 89.3 cm³/mol. The van der Waals surface area contributed by atoms with Crippen LogP contribution in [0.5, 0.6) is 0 Å². The molecule has 0 atom stereocenters. The zero-order valence-electron chi connectivity index (χ0n) is 12.4. The summed E-state index contributed by atoms with van der Waals surface area (Å²) in [4.78, 5) is 2.08. The quantitative estimate of drug-likeness (QED) is 0.839. The van der Waals surface area contributed by atoms with Crippen LogP contribution in [0.25, 0.3) is 0 Å². The first-order valence-electron chi connectivity index (χ1n) is 6.72. The van der Waals surface area contributed by atoms with E-state index in [9.17, 15) is 8.42 Å². The molecule has 2 heterocycles. The molecule has 0 aliphatic rings. The van der Waals surface area contributed by atoms with E-state index in [4.69, 9.17) is 0 Å². The SMILES string of the molecule is CNCc1ccc(S(=O)(=O)N(Cc2cccs2)C(C)C)s1. The highest BCUT2D eigenvalue weighted by atomic mass is 32.2. The van der Waals surface area contributed by atoms with E-state index in [0.717, 1.165) is 9.75 Å². The van der Waals surface area contributed by atoms with Crippen molar-refractivity contribution in [1.29, 1.82) is 0 Å². The molecular weight excluding hydrogens is 324 g/mol. The molecule has 0 amide bonds. The lowest BCUT2D eigenvalue weighted by Gasteiger charge is -2.24. The van der Waals surface area contributed by atoms with E-state index in [-0.39, 0.29) is 6.04 Å². The smallest absolute Gasteiger partial charge is 0.253 e. The zero-order chi connectivity index (χ0) is 15.5. The van der Waals surface area contributed by atoms with Crippen molar-refractivity contribution in [1.82, 2.24) is 9.62 Å². The first-order valence-corrected chi connectivity index (χ1v) is 9.86. The van der Waals surface area contributed by atoms with E-state index in [1.165, 1.54) is 11.3 Å². The van der Waals surface area contributed by atoms with Crippen LogP contribution < -0.4 is 5.32 Å². The second-order valence-corrected chi connectivity index (χ2v) is 9.29. The highest BCUT2D eigenvalue weighted by Gasteiger charge is 2.28. The fourth-order valence-corrected chi connectivity index (χ4v) is 5.88. The summed E-state index contributed by atoms with van der Waals surface area (Å²) in [5, 5.41) is 5.01. The van der Waals surface area contributed by atoms with Gasteiger partial charge in [0.15, 0.2) is 0 Å². The van der Waals surface area contributed by atoms with Crippen molar-refractivity contribution in [3.63, 3.8) is 0 Å². The molecule has 0 saturated carbocycles. The van der Waals surface area contributed by atoms with Crippen LogP contribution in [0, 0.1) is 0 Å². The molecule has 0 aliphatic heterocycles. The van der Waals surface area contributed by atoms with E-state index < -0.39 is 10.0 Å². The Balaban J connectivity index is 2.28. The summed E-state index contributed by atoms with van der Waals surface area (Å²) >= 11 is 2.91. The van der Waals surface area contributed by atoms with Crippen molar-refractivity contribution >= 4 is 32.7 Å². The van der Waals surface area contributed by atoms with Crippen LogP contribution in [0.15, 0.2) is 33.9 Å². The van der Waals surface area contributed by atoms with E-state index in [1.54, 1.807) is 21.7 Å². The Labute approximate surface area is 134 Å². The summed E-state index contributed by atoms with van der Waals surface area (Å²) in [6, 6.07) is 7.42. The van der Waals surface area contributed by atoms with Crippen LogP contribution in [-0.4, -0.2) is 25.8 Å². The molecule has 0 radical (unpaired) electrons. The summed E-state index contributed by atoms with van der Waals surface area (Å²) < 4.78 is 27.7. The minimum absolute atomic E-state index is 0.0769. The highest BCUT2D eigenvalue weighted by molar-refractivity contribution is 7.91. The molecule has 0 saturated heterocycles. The topological polar surface area (TPSA) is 49.4 Å². The van der Waals surface area contributed by atoms with Crippen molar-refractivity contribution in [3.05, 3.63) is 39.4 Å². The minimum atomic E-state index is -3.44. The van der Waals surface area contributed by atoms with Gasteiger partial charge in [0.25, 0.3) is 10.0 Å². The summed E-state index contributed by atoms with van der Waals surface area (Å²) in [6.45, 7) is 4.93. The Hall–Kier alpha value is -0.730. The first kappa shape index (κ1) is 16.6. The number of hydrogen-bond acceptors (Lipinski definition) is 5. The molecule has 116 valence electrons. The standard InChI is InChI=1S/C14H20N2O2S3/c1-11(2)16(10-13-5-4-8-19-13)21(17,18)14-7-6-12(20-14)9-15-3/h4-8,11,15H,9-10H2,1-3H3. The molecule has 0 unspecified atom stereocenters.